The topological polar surface area (TPSA) is 66.5 Å². The maximum atomic E-state index is 13.4. The molecule has 5 nitrogen and oxygen atoms in total. The molecule has 0 spiro atoms. The lowest BCUT2D eigenvalue weighted by Gasteiger charge is -2.27. The van der Waals surface area contributed by atoms with Gasteiger partial charge in [-0.15, -0.1) is 0 Å². The number of halogens is 1. The molecular formula is C24H25FN2O3. The molecule has 0 radical (unpaired) electrons. The molecule has 0 saturated carbocycles. The van der Waals surface area contributed by atoms with Crippen molar-refractivity contribution in [2.45, 2.75) is 51.0 Å². The number of urea groups is 1. The number of imide groups is 1. The minimum Gasteiger partial charge on any atom is -0.319 e. The van der Waals surface area contributed by atoms with Crippen LogP contribution in [-0.2, 0) is 23.2 Å². The summed E-state index contributed by atoms with van der Waals surface area (Å²) in [7, 11) is 0. The molecule has 4 rings (SSSR count). The first-order valence-corrected chi connectivity index (χ1v) is 10.5. The number of nitrogens with one attached hydrogen (secondary N) is 1. The smallest absolute Gasteiger partial charge is 0.319 e. The molecule has 1 atom stereocenters. The number of amides is 3. The summed E-state index contributed by atoms with van der Waals surface area (Å²) < 4.78 is 13.4. The van der Waals surface area contributed by atoms with E-state index in [-0.39, 0.29) is 12.3 Å². The van der Waals surface area contributed by atoms with Crippen molar-refractivity contribution in [2.24, 2.45) is 0 Å². The van der Waals surface area contributed by atoms with Gasteiger partial charge in [0.2, 0.25) is 0 Å². The van der Waals surface area contributed by atoms with Crippen molar-refractivity contribution in [3.05, 3.63) is 70.5 Å². The lowest BCUT2D eigenvalue weighted by Crippen LogP contribution is -2.44. The number of carbonyl (C=O) groups is 3. The third-order valence-electron chi connectivity index (χ3n) is 6.14. The van der Waals surface area contributed by atoms with Crippen molar-refractivity contribution in [2.75, 3.05) is 6.54 Å². The van der Waals surface area contributed by atoms with Gasteiger partial charge in [-0.3, -0.25) is 14.5 Å². The van der Waals surface area contributed by atoms with Crippen molar-refractivity contribution < 1.29 is 18.8 Å². The van der Waals surface area contributed by atoms with Gasteiger partial charge in [-0.25, -0.2) is 9.18 Å². The number of ketones is 1. The highest BCUT2D eigenvalue weighted by Crippen LogP contribution is 2.34. The number of hydrogen-bond acceptors (Lipinski definition) is 3. The van der Waals surface area contributed by atoms with E-state index in [9.17, 15) is 18.8 Å². The fourth-order valence-corrected chi connectivity index (χ4v) is 4.44. The predicted octanol–water partition coefficient (Wildman–Crippen LogP) is 4.13. The lowest BCUT2D eigenvalue weighted by atomic mass is 9.84. The molecule has 2 aromatic carbocycles. The van der Waals surface area contributed by atoms with E-state index in [0.29, 0.717) is 24.0 Å². The van der Waals surface area contributed by atoms with E-state index >= 15 is 0 Å². The summed E-state index contributed by atoms with van der Waals surface area (Å²) in [6, 6.07) is 10.6. The Hall–Kier alpha value is -3.02. The fraction of sp³-hybridized carbons (Fsp3) is 0.375. The fourth-order valence-electron chi connectivity index (χ4n) is 4.44. The molecule has 1 fully saturated rings. The van der Waals surface area contributed by atoms with Crippen LogP contribution < -0.4 is 5.32 Å². The summed E-state index contributed by atoms with van der Waals surface area (Å²) in [5, 5.41) is 2.80. The number of aryl methyl sites for hydroxylation is 2. The van der Waals surface area contributed by atoms with Gasteiger partial charge in [-0.1, -0.05) is 44.0 Å². The predicted molar refractivity (Wildman–Crippen MR) is 111 cm³/mol. The van der Waals surface area contributed by atoms with Gasteiger partial charge in [0.1, 0.15) is 11.4 Å². The van der Waals surface area contributed by atoms with Crippen LogP contribution in [0.15, 0.2) is 42.5 Å². The molecule has 0 unspecified atom stereocenters. The zero-order chi connectivity index (χ0) is 21.3. The van der Waals surface area contributed by atoms with Crippen molar-refractivity contribution in [1.82, 2.24) is 10.2 Å². The Morgan fingerprint density at radius 2 is 1.83 bits per heavy atom. The molecule has 2 aromatic rings. The largest absolute Gasteiger partial charge is 0.325 e. The highest BCUT2D eigenvalue weighted by molar-refractivity contribution is 6.11. The van der Waals surface area contributed by atoms with Crippen LogP contribution in [0, 0.1) is 5.82 Å². The maximum absolute atomic E-state index is 13.4. The van der Waals surface area contributed by atoms with Crippen LogP contribution in [0.5, 0.6) is 0 Å². The molecule has 30 heavy (non-hydrogen) atoms. The number of nitrogens with zero attached hydrogens (tertiary/aromatic N) is 1. The van der Waals surface area contributed by atoms with Gasteiger partial charge in [-0.2, -0.15) is 0 Å². The Balaban J connectivity index is 1.60. The lowest BCUT2D eigenvalue weighted by molar-refractivity contribution is -0.131. The Morgan fingerprint density at radius 3 is 2.57 bits per heavy atom. The normalized spacial score (nSPS) is 20.4. The highest BCUT2D eigenvalue weighted by Gasteiger charge is 2.52. The number of Topliss-reactive ketones (excluding diaryl/α,β-unsaturated/α-hetero) is 1. The van der Waals surface area contributed by atoms with Crippen LogP contribution in [0.25, 0.3) is 0 Å². The second kappa shape index (κ2) is 8.01. The molecular weight excluding hydrogens is 383 g/mol. The molecule has 156 valence electrons. The van der Waals surface area contributed by atoms with Crippen molar-refractivity contribution in [3.63, 3.8) is 0 Å². The van der Waals surface area contributed by atoms with E-state index in [2.05, 4.69) is 5.32 Å². The van der Waals surface area contributed by atoms with Crippen LogP contribution in [0.1, 0.15) is 59.7 Å². The number of unbranched alkanes of at least 4 members (excludes halogenated alkanes) is 1. The van der Waals surface area contributed by atoms with E-state index in [1.807, 2.05) is 19.1 Å². The standard InChI is InChI=1S/C24H25FN2O3/c1-2-3-13-24(19-9-11-20(25)12-10-19)22(29)27(23(30)26-24)15-21(28)18-8-7-16-5-4-6-17(16)14-18/h7-12,14H,2-6,13,15H2,1H3,(H,26,30)/t24-/m0/s1. The molecule has 0 bridgehead atoms. The van der Waals surface area contributed by atoms with E-state index in [1.54, 1.807) is 6.07 Å². The van der Waals surface area contributed by atoms with E-state index in [4.69, 9.17) is 0 Å². The summed E-state index contributed by atoms with van der Waals surface area (Å²) >= 11 is 0. The number of rotatable bonds is 7. The van der Waals surface area contributed by atoms with Crippen LogP contribution in [0.4, 0.5) is 9.18 Å². The number of carbonyl (C=O) groups excluding carboxylic acids is 3. The molecule has 6 heteroatoms. The van der Waals surface area contributed by atoms with Crippen molar-refractivity contribution in [1.29, 1.82) is 0 Å². The van der Waals surface area contributed by atoms with Crippen LogP contribution in [0.3, 0.4) is 0 Å². The second-order valence-electron chi connectivity index (χ2n) is 8.10. The van der Waals surface area contributed by atoms with Gasteiger partial charge in [0.15, 0.2) is 5.78 Å². The molecule has 1 aliphatic carbocycles. The first-order chi connectivity index (χ1) is 14.4. The van der Waals surface area contributed by atoms with Gasteiger partial charge in [-0.05, 0) is 60.6 Å². The zero-order valence-corrected chi connectivity index (χ0v) is 17.0. The molecule has 2 aliphatic rings. The first kappa shape index (κ1) is 20.3. The van der Waals surface area contributed by atoms with Crippen LogP contribution in [-0.4, -0.2) is 29.2 Å². The SMILES string of the molecule is CCCC[C@@]1(c2ccc(F)cc2)NC(=O)N(CC(=O)c2ccc3c(c2)CCC3)C1=O. The number of hydrogen-bond donors (Lipinski definition) is 1. The first-order valence-electron chi connectivity index (χ1n) is 10.5. The average Bonchev–Trinajstić information content (AvgIpc) is 3.31. The van der Waals surface area contributed by atoms with Crippen molar-refractivity contribution in [3.8, 4) is 0 Å². The third kappa shape index (κ3) is 3.51. The van der Waals surface area contributed by atoms with E-state index in [1.165, 1.54) is 35.4 Å². The minimum atomic E-state index is -1.26. The number of fused-ring (bicyclic) bond motifs is 1. The Kier molecular flexibility index (Phi) is 5.41. The average molecular weight is 408 g/mol. The molecule has 1 saturated heterocycles. The number of benzene rings is 2. The maximum Gasteiger partial charge on any atom is 0.325 e. The Bertz CT molecular complexity index is 1000. The van der Waals surface area contributed by atoms with Crippen LogP contribution in [0.2, 0.25) is 0 Å². The Morgan fingerprint density at radius 1 is 1.10 bits per heavy atom. The molecule has 1 heterocycles. The summed E-state index contributed by atoms with van der Waals surface area (Å²) in [4.78, 5) is 40.0. The van der Waals surface area contributed by atoms with E-state index < -0.39 is 23.3 Å². The monoisotopic (exact) mass is 408 g/mol. The van der Waals surface area contributed by atoms with Gasteiger partial charge in [0.05, 0.1) is 6.54 Å². The molecule has 3 amide bonds. The van der Waals surface area contributed by atoms with Gasteiger partial charge < -0.3 is 5.32 Å². The Labute approximate surface area is 175 Å². The summed E-state index contributed by atoms with van der Waals surface area (Å²) in [5.41, 5.74) is 2.21. The van der Waals surface area contributed by atoms with Gasteiger partial charge in [0.25, 0.3) is 5.91 Å². The van der Waals surface area contributed by atoms with Crippen molar-refractivity contribution >= 4 is 17.7 Å². The molecule has 1 N–H and O–H groups in total. The van der Waals surface area contributed by atoms with Crippen LogP contribution >= 0.6 is 0 Å². The minimum absolute atomic E-state index is 0.265. The van der Waals surface area contributed by atoms with E-state index in [0.717, 1.165) is 30.6 Å². The van der Waals surface area contributed by atoms with Gasteiger partial charge >= 0.3 is 6.03 Å². The summed E-state index contributed by atoms with van der Waals surface area (Å²) in [5.74, 6) is -1.13. The zero-order valence-electron chi connectivity index (χ0n) is 17.0. The molecule has 0 aromatic heterocycles. The second-order valence-corrected chi connectivity index (χ2v) is 8.10. The van der Waals surface area contributed by atoms with Gasteiger partial charge in [0, 0.05) is 5.56 Å². The third-order valence-corrected chi connectivity index (χ3v) is 6.14. The summed E-state index contributed by atoms with van der Waals surface area (Å²) in [6.07, 6.45) is 4.98. The molecule has 1 aliphatic heterocycles. The quantitative estimate of drug-likeness (QED) is 0.553. The summed E-state index contributed by atoms with van der Waals surface area (Å²) in [6.45, 7) is 1.69. The highest BCUT2D eigenvalue weighted by atomic mass is 19.1.